The second-order valence-electron chi connectivity index (χ2n) is 8.49. The van der Waals surface area contributed by atoms with E-state index in [1.807, 2.05) is 13.0 Å². The Hall–Kier alpha value is -4.77. The Bertz CT molecular complexity index is 1440. The largest absolute Gasteiger partial charge is 0.493 e. The molecule has 0 bridgehead atoms. The summed E-state index contributed by atoms with van der Waals surface area (Å²) in [6.07, 6.45) is 1.42. The quantitative estimate of drug-likeness (QED) is 0.168. The minimum absolute atomic E-state index is 0.143. The van der Waals surface area contributed by atoms with Crippen molar-refractivity contribution >= 4 is 40.1 Å². The number of methoxy groups -OCH3 is 1. The molecular formula is C28H30BrN5O8. The van der Waals surface area contributed by atoms with Gasteiger partial charge in [-0.1, -0.05) is 6.07 Å². The third kappa shape index (κ3) is 8.14. The van der Waals surface area contributed by atoms with Gasteiger partial charge in [0.2, 0.25) is 0 Å². The Balaban J connectivity index is 1.68. The maximum Gasteiger partial charge on any atom is 0.338 e. The van der Waals surface area contributed by atoms with Crippen LogP contribution in [0.1, 0.15) is 37.9 Å². The van der Waals surface area contributed by atoms with E-state index in [2.05, 4.69) is 37.1 Å². The molecule has 0 aliphatic carbocycles. The lowest BCUT2D eigenvalue weighted by molar-refractivity contribution is -0.139. The smallest absolute Gasteiger partial charge is 0.338 e. The van der Waals surface area contributed by atoms with Crippen LogP contribution in [-0.2, 0) is 14.3 Å². The molecule has 42 heavy (non-hydrogen) atoms. The van der Waals surface area contributed by atoms with Gasteiger partial charge < -0.3 is 34.3 Å². The number of urea groups is 1. The lowest BCUT2D eigenvalue weighted by Gasteiger charge is -2.28. The minimum atomic E-state index is -0.784. The summed E-state index contributed by atoms with van der Waals surface area (Å²) in [5, 5.41) is 18.1. The minimum Gasteiger partial charge on any atom is -0.493 e. The molecule has 0 fully saturated rings. The van der Waals surface area contributed by atoms with Gasteiger partial charge in [0.05, 0.1) is 42.6 Å². The number of benzene rings is 2. The predicted octanol–water partition coefficient (Wildman–Crippen LogP) is 3.48. The van der Waals surface area contributed by atoms with Crippen molar-refractivity contribution in [3.63, 3.8) is 0 Å². The van der Waals surface area contributed by atoms with E-state index in [4.69, 9.17) is 28.9 Å². The van der Waals surface area contributed by atoms with E-state index in [1.165, 1.54) is 13.3 Å². The first-order valence-electron chi connectivity index (χ1n) is 12.8. The number of hydrogen-bond donors (Lipinski definition) is 3. The van der Waals surface area contributed by atoms with Gasteiger partial charge in [-0.15, -0.1) is 0 Å². The highest BCUT2D eigenvalue weighted by molar-refractivity contribution is 9.10. The van der Waals surface area contributed by atoms with E-state index in [-0.39, 0.29) is 36.9 Å². The van der Waals surface area contributed by atoms with Crippen molar-refractivity contribution in [2.24, 2.45) is 5.10 Å². The zero-order valence-corrected chi connectivity index (χ0v) is 25.0. The molecule has 0 spiro atoms. The maximum atomic E-state index is 12.6. The van der Waals surface area contributed by atoms with Crippen molar-refractivity contribution in [3.05, 3.63) is 57.2 Å². The molecule has 3 N–H and O–H groups in total. The van der Waals surface area contributed by atoms with Crippen LogP contribution in [0, 0.1) is 11.3 Å². The van der Waals surface area contributed by atoms with Gasteiger partial charge >= 0.3 is 12.0 Å². The van der Waals surface area contributed by atoms with Crippen molar-refractivity contribution < 1.29 is 38.1 Å². The number of halogens is 1. The third-order valence-electron chi connectivity index (χ3n) is 5.66. The number of nitriles is 1. The van der Waals surface area contributed by atoms with Gasteiger partial charge in [0.15, 0.2) is 36.2 Å². The number of nitrogens with zero attached hydrogens (tertiary/aromatic N) is 2. The molecule has 13 nitrogen and oxygen atoms in total. The van der Waals surface area contributed by atoms with E-state index in [9.17, 15) is 14.4 Å². The molecule has 0 aromatic heterocycles. The Morgan fingerprint density at radius 1 is 1.12 bits per heavy atom. The molecule has 0 radical (unpaired) electrons. The average molecular weight is 644 g/mol. The molecule has 3 rings (SSSR count). The number of allylic oxidation sites excluding steroid dienone is 1. The monoisotopic (exact) mass is 643 g/mol. The fourth-order valence-corrected chi connectivity index (χ4v) is 4.50. The summed E-state index contributed by atoms with van der Waals surface area (Å²) in [4.78, 5) is 37.1. The topological polar surface area (TPSA) is 170 Å². The standard InChI is InChI=1S/C28H30BrN5O8/c1-5-39-22-12-17(11-19(29)26(22)41-10-9-30)14-31-34-23(35)15-42-20-8-7-18(13-21(20)38-4)25-24(27(36)40-6-2)16(3)32-28(37)33-25/h7-8,11-14,25H,5-6,10,15H2,1-4H3,(H,34,35)(H2,32,33,37)/b31-14-/t25-/m0/s1. The molecule has 1 aliphatic heterocycles. The first kappa shape index (κ1) is 31.8. The molecule has 0 unspecified atom stereocenters. The van der Waals surface area contributed by atoms with Crippen molar-refractivity contribution in [2.75, 3.05) is 33.5 Å². The predicted molar refractivity (Wildman–Crippen MR) is 154 cm³/mol. The van der Waals surface area contributed by atoms with Crippen LogP contribution in [0.5, 0.6) is 23.0 Å². The number of ether oxygens (including phenoxy) is 5. The van der Waals surface area contributed by atoms with Gasteiger partial charge in [0.1, 0.15) is 6.07 Å². The first-order valence-corrected chi connectivity index (χ1v) is 13.6. The van der Waals surface area contributed by atoms with Crippen molar-refractivity contribution in [3.8, 4) is 29.1 Å². The summed E-state index contributed by atoms with van der Waals surface area (Å²) in [6.45, 7) is 5.16. The van der Waals surface area contributed by atoms with Crippen LogP contribution >= 0.6 is 15.9 Å². The molecule has 1 aliphatic rings. The Labute approximate surface area is 250 Å². The molecule has 0 saturated heterocycles. The molecule has 2 aromatic rings. The average Bonchev–Trinajstić information content (AvgIpc) is 2.95. The SMILES string of the molecule is CCOC(=O)C1=C(C)NC(=O)N[C@H]1c1ccc(OCC(=O)N/N=C\c2cc(Br)c(OCC#N)c(OCC)c2)c(OC)c1. The van der Waals surface area contributed by atoms with Crippen LogP contribution < -0.4 is 35.0 Å². The second-order valence-corrected chi connectivity index (χ2v) is 9.35. The van der Waals surface area contributed by atoms with Crippen LogP contribution in [-0.4, -0.2) is 57.7 Å². The van der Waals surface area contributed by atoms with E-state index >= 15 is 0 Å². The Kier molecular flexibility index (Phi) is 11.6. The van der Waals surface area contributed by atoms with Crippen LogP contribution in [0.15, 0.2) is 51.2 Å². The summed E-state index contributed by atoms with van der Waals surface area (Å²) in [6, 6.07) is 8.84. The number of amides is 3. The lowest BCUT2D eigenvalue weighted by Crippen LogP contribution is -2.45. The number of hydrazone groups is 1. The molecule has 14 heteroatoms. The summed E-state index contributed by atoms with van der Waals surface area (Å²) in [5.41, 5.74) is 4.17. The van der Waals surface area contributed by atoms with Crippen molar-refractivity contribution in [1.82, 2.24) is 16.1 Å². The van der Waals surface area contributed by atoms with Gasteiger partial charge in [0, 0.05) is 5.70 Å². The van der Waals surface area contributed by atoms with Gasteiger partial charge in [-0.3, -0.25) is 4.79 Å². The number of carbonyl (C=O) groups excluding carboxylic acids is 3. The Morgan fingerprint density at radius 2 is 1.90 bits per heavy atom. The molecule has 3 amide bonds. The molecule has 222 valence electrons. The zero-order valence-electron chi connectivity index (χ0n) is 23.4. The van der Waals surface area contributed by atoms with Crippen LogP contribution in [0.25, 0.3) is 0 Å². The van der Waals surface area contributed by atoms with E-state index in [1.54, 1.807) is 44.2 Å². The Morgan fingerprint density at radius 3 is 2.60 bits per heavy atom. The number of nitrogens with one attached hydrogen (secondary N) is 3. The van der Waals surface area contributed by atoms with E-state index < -0.39 is 23.9 Å². The second kappa shape index (κ2) is 15.3. The van der Waals surface area contributed by atoms with Gasteiger partial charge in [-0.05, 0) is 72.1 Å². The van der Waals surface area contributed by atoms with Crippen LogP contribution in [0.2, 0.25) is 0 Å². The molecule has 0 saturated carbocycles. The normalized spacial score (nSPS) is 14.4. The fraction of sp³-hybridized carbons (Fsp3) is 0.321. The zero-order chi connectivity index (χ0) is 30.6. The van der Waals surface area contributed by atoms with Crippen molar-refractivity contribution in [2.45, 2.75) is 26.8 Å². The van der Waals surface area contributed by atoms with Crippen LogP contribution in [0.3, 0.4) is 0 Å². The molecule has 1 heterocycles. The first-order chi connectivity index (χ1) is 20.2. The molecular weight excluding hydrogens is 614 g/mol. The summed E-state index contributed by atoms with van der Waals surface area (Å²) in [7, 11) is 1.43. The summed E-state index contributed by atoms with van der Waals surface area (Å²) >= 11 is 3.39. The number of esters is 1. The lowest BCUT2D eigenvalue weighted by atomic mass is 9.95. The number of rotatable bonds is 13. The molecule has 1 atom stereocenters. The number of hydrogen-bond acceptors (Lipinski definition) is 10. The van der Waals surface area contributed by atoms with E-state index in [0.29, 0.717) is 39.4 Å². The van der Waals surface area contributed by atoms with Crippen LogP contribution in [0.4, 0.5) is 4.79 Å². The van der Waals surface area contributed by atoms with E-state index in [0.717, 1.165) is 0 Å². The number of carbonyl (C=O) groups is 3. The van der Waals surface area contributed by atoms with Gasteiger partial charge in [-0.25, -0.2) is 15.0 Å². The van der Waals surface area contributed by atoms with Crippen molar-refractivity contribution in [1.29, 1.82) is 5.26 Å². The highest BCUT2D eigenvalue weighted by Gasteiger charge is 2.32. The fourth-order valence-electron chi connectivity index (χ4n) is 3.93. The maximum absolute atomic E-state index is 12.6. The highest BCUT2D eigenvalue weighted by atomic mass is 79.9. The third-order valence-corrected chi connectivity index (χ3v) is 6.25. The van der Waals surface area contributed by atoms with Gasteiger partial charge in [-0.2, -0.15) is 10.4 Å². The molecule has 2 aromatic carbocycles. The summed E-state index contributed by atoms with van der Waals surface area (Å²) in [5.74, 6) is 0.247. The summed E-state index contributed by atoms with van der Waals surface area (Å²) < 4.78 is 27.8. The van der Waals surface area contributed by atoms with Gasteiger partial charge in [0.25, 0.3) is 5.91 Å². The highest BCUT2D eigenvalue weighted by Crippen LogP contribution is 2.37.